The first kappa shape index (κ1) is 19.2. The van der Waals surface area contributed by atoms with E-state index in [4.69, 9.17) is 9.15 Å². The molecule has 10 heteroatoms. The van der Waals surface area contributed by atoms with Crippen LogP contribution in [0.25, 0.3) is 22.1 Å². The van der Waals surface area contributed by atoms with Crippen molar-refractivity contribution in [2.24, 2.45) is 14.1 Å². The Balaban J connectivity index is 1.97. The molecule has 4 rings (SSSR count). The summed E-state index contributed by atoms with van der Waals surface area (Å²) in [5.74, 6) is -0.157. The molecule has 0 fully saturated rings. The van der Waals surface area contributed by atoms with Gasteiger partial charge in [-0.1, -0.05) is 18.2 Å². The molecule has 150 valence electrons. The summed E-state index contributed by atoms with van der Waals surface area (Å²) in [7, 11) is 2.95. The van der Waals surface area contributed by atoms with Gasteiger partial charge in [-0.05, 0) is 28.9 Å². The molecular formula is C19H17BrN4O5. The fourth-order valence-electron chi connectivity index (χ4n) is 3.38. The highest BCUT2D eigenvalue weighted by Gasteiger charge is 2.25. The van der Waals surface area contributed by atoms with Crippen LogP contribution in [0.4, 0.5) is 0 Å². The molecule has 3 heterocycles. The van der Waals surface area contributed by atoms with Crippen molar-refractivity contribution in [2.45, 2.75) is 13.5 Å². The second kappa shape index (κ2) is 7.03. The normalized spacial score (nSPS) is 11.4. The van der Waals surface area contributed by atoms with Gasteiger partial charge in [0, 0.05) is 19.5 Å². The fraction of sp³-hybridized carbons (Fsp3) is 0.263. The number of benzene rings is 1. The van der Waals surface area contributed by atoms with Crippen LogP contribution in [0.5, 0.6) is 0 Å². The van der Waals surface area contributed by atoms with Crippen LogP contribution in [0.2, 0.25) is 0 Å². The van der Waals surface area contributed by atoms with Gasteiger partial charge in [0.1, 0.15) is 16.9 Å². The molecule has 29 heavy (non-hydrogen) atoms. The van der Waals surface area contributed by atoms with Crippen LogP contribution in [-0.2, 0) is 25.4 Å². The highest BCUT2D eigenvalue weighted by molar-refractivity contribution is 9.10. The molecule has 0 unspecified atom stereocenters. The Labute approximate surface area is 172 Å². The minimum absolute atomic E-state index is 0.0698. The van der Waals surface area contributed by atoms with Crippen LogP contribution in [0.1, 0.15) is 23.0 Å². The van der Waals surface area contributed by atoms with Gasteiger partial charge in [-0.3, -0.25) is 18.5 Å². The van der Waals surface area contributed by atoms with Gasteiger partial charge >= 0.3 is 11.7 Å². The van der Waals surface area contributed by atoms with Gasteiger partial charge in [0.2, 0.25) is 0 Å². The molecule has 0 saturated carbocycles. The fourth-order valence-corrected chi connectivity index (χ4v) is 3.85. The topological polar surface area (TPSA) is 101 Å². The number of para-hydroxylation sites is 1. The van der Waals surface area contributed by atoms with Gasteiger partial charge in [-0.25, -0.2) is 14.6 Å². The Morgan fingerprint density at radius 2 is 1.93 bits per heavy atom. The van der Waals surface area contributed by atoms with Gasteiger partial charge in [0.05, 0.1) is 13.2 Å². The summed E-state index contributed by atoms with van der Waals surface area (Å²) in [4.78, 5) is 41.7. The number of nitrogens with zero attached hydrogens (tertiary/aromatic N) is 4. The average Bonchev–Trinajstić information content (AvgIpc) is 3.23. The van der Waals surface area contributed by atoms with E-state index in [0.717, 1.165) is 4.57 Å². The van der Waals surface area contributed by atoms with Crippen molar-refractivity contribution in [1.29, 1.82) is 0 Å². The summed E-state index contributed by atoms with van der Waals surface area (Å²) in [5.41, 5.74) is 0.320. The standard InChI is InChI=1S/C19H17BrN4O5/c1-4-28-17(26)13-10-7-5-6-8-11(10)29-12(13)9-24-15-14(21-18(24)20)16(25)23(3)19(27)22(15)2/h5-8H,4,9H2,1-3H3. The minimum Gasteiger partial charge on any atom is -0.462 e. The Bertz CT molecular complexity index is 1390. The third-order valence-electron chi connectivity index (χ3n) is 4.74. The van der Waals surface area contributed by atoms with Crippen LogP contribution >= 0.6 is 15.9 Å². The van der Waals surface area contributed by atoms with Crippen LogP contribution in [0.15, 0.2) is 43.0 Å². The maximum atomic E-state index is 12.6. The predicted molar refractivity (Wildman–Crippen MR) is 109 cm³/mol. The van der Waals surface area contributed by atoms with Crippen molar-refractivity contribution in [2.75, 3.05) is 6.61 Å². The van der Waals surface area contributed by atoms with E-state index in [1.807, 2.05) is 0 Å². The number of carbonyl (C=O) groups excluding carboxylic acids is 1. The van der Waals surface area contributed by atoms with Crippen molar-refractivity contribution in [3.63, 3.8) is 0 Å². The van der Waals surface area contributed by atoms with Crippen molar-refractivity contribution in [3.8, 4) is 0 Å². The van der Waals surface area contributed by atoms with Gasteiger partial charge in [0.25, 0.3) is 5.56 Å². The van der Waals surface area contributed by atoms with Gasteiger partial charge < -0.3 is 9.15 Å². The SMILES string of the molecule is CCOC(=O)c1c(Cn2c(Br)nc3c(=O)n(C)c(=O)n(C)c32)oc2ccccc12. The largest absolute Gasteiger partial charge is 0.462 e. The first-order chi connectivity index (χ1) is 13.8. The lowest BCUT2D eigenvalue weighted by atomic mass is 10.1. The molecule has 1 aromatic carbocycles. The summed E-state index contributed by atoms with van der Waals surface area (Å²) in [6.45, 7) is 2.02. The third kappa shape index (κ3) is 2.91. The Kier molecular flexibility index (Phi) is 4.65. The van der Waals surface area contributed by atoms with Crippen LogP contribution in [-0.4, -0.2) is 31.3 Å². The van der Waals surface area contributed by atoms with Gasteiger partial charge in [-0.2, -0.15) is 0 Å². The first-order valence-electron chi connectivity index (χ1n) is 8.84. The molecule has 9 nitrogen and oxygen atoms in total. The summed E-state index contributed by atoms with van der Waals surface area (Å²) >= 11 is 3.35. The molecule has 0 saturated heterocycles. The number of aromatic nitrogens is 4. The van der Waals surface area contributed by atoms with Crippen LogP contribution in [0, 0.1) is 0 Å². The number of carbonyl (C=O) groups is 1. The van der Waals surface area contributed by atoms with Crippen molar-refractivity contribution < 1.29 is 13.9 Å². The number of esters is 1. The average molecular weight is 461 g/mol. The predicted octanol–water partition coefficient (Wildman–Crippen LogP) is 2.17. The lowest BCUT2D eigenvalue weighted by molar-refractivity contribution is 0.0525. The molecule has 4 aromatic rings. The van der Waals surface area contributed by atoms with E-state index in [2.05, 4.69) is 20.9 Å². The lowest BCUT2D eigenvalue weighted by Gasteiger charge is -2.09. The number of aryl methyl sites for hydroxylation is 1. The molecule has 0 radical (unpaired) electrons. The summed E-state index contributed by atoms with van der Waals surface area (Å²) in [6, 6.07) is 7.15. The maximum absolute atomic E-state index is 12.6. The third-order valence-corrected chi connectivity index (χ3v) is 5.35. The molecule has 0 aliphatic carbocycles. The van der Waals surface area contributed by atoms with Crippen molar-refractivity contribution in [1.82, 2.24) is 18.7 Å². The number of furan rings is 1. The molecule has 0 aliphatic rings. The quantitative estimate of drug-likeness (QED) is 0.341. The number of hydrogen-bond donors (Lipinski definition) is 0. The molecule has 0 N–H and O–H groups in total. The molecule has 0 aliphatic heterocycles. The second-order valence-corrected chi connectivity index (χ2v) is 7.17. The highest BCUT2D eigenvalue weighted by atomic mass is 79.9. The zero-order valence-electron chi connectivity index (χ0n) is 15.9. The van der Waals surface area contributed by atoms with Crippen molar-refractivity contribution in [3.05, 3.63) is 61.2 Å². The number of hydrogen-bond acceptors (Lipinski definition) is 6. The molecule has 0 spiro atoms. The number of fused-ring (bicyclic) bond motifs is 2. The summed E-state index contributed by atoms with van der Waals surface area (Å²) < 4.78 is 15.4. The molecule has 0 atom stereocenters. The molecule has 0 amide bonds. The molecular weight excluding hydrogens is 444 g/mol. The first-order valence-corrected chi connectivity index (χ1v) is 9.63. The van der Waals surface area contributed by atoms with E-state index in [-0.39, 0.29) is 18.7 Å². The van der Waals surface area contributed by atoms with Crippen molar-refractivity contribution >= 4 is 44.0 Å². The lowest BCUT2D eigenvalue weighted by Crippen LogP contribution is -2.37. The minimum atomic E-state index is -0.502. The monoisotopic (exact) mass is 460 g/mol. The zero-order chi connectivity index (χ0) is 20.9. The zero-order valence-corrected chi connectivity index (χ0v) is 17.5. The van der Waals surface area contributed by atoms with E-state index >= 15 is 0 Å². The van der Waals surface area contributed by atoms with Crippen LogP contribution < -0.4 is 11.2 Å². The van der Waals surface area contributed by atoms with Crippen LogP contribution in [0.3, 0.4) is 0 Å². The van der Waals surface area contributed by atoms with E-state index in [1.165, 1.54) is 11.6 Å². The molecule has 0 bridgehead atoms. The number of rotatable bonds is 4. The number of imidazole rings is 1. The maximum Gasteiger partial charge on any atom is 0.342 e. The van der Waals surface area contributed by atoms with E-state index < -0.39 is 17.2 Å². The van der Waals surface area contributed by atoms with E-state index in [0.29, 0.717) is 32.7 Å². The number of halogens is 1. The highest BCUT2D eigenvalue weighted by Crippen LogP contribution is 2.29. The van der Waals surface area contributed by atoms with E-state index in [1.54, 1.807) is 42.8 Å². The van der Waals surface area contributed by atoms with E-state index in [9.17, 15) is 14.4 Å². The van der Waals surface area contributed by atoms with Gasteiger partial charge in [-0.15, -0.1) is 0 Å². The van der Waals surface area contributed by atoms with Gasteiger partial charge in [0.15, 0.2) is 15.9 Å². The Hall–Kier alpha value is -3.14. The Morgan fingerprint density at radius 1 is 1.21 bits per heavy atom. The smallest absolute Gasteiger partial charge is 0.342 e. The number of ether oxygens (including phenoxy) is 1. The summed E-state index contributed by atoms with van der Waals surface area (Å²) in [5, 5.41) is 0.631. The second-order valence-electron chi connectivity index (χ2n) is 6.46. The molecule has 3 aromatic heterocycles. The Morgan fingerprint density at radius 3 is 2.66 bits per heavy atom. The summed E-state index contributed by atoms with van der Waals surface area (Å²) in [6.07, 6.45) is 0.